The highest BCUT2D eigenvalue weighted by molar-refractivity contribution is 5.90. The Hall–Kier alpha value is -1.79. The zero-order valence-corrected chi connectivity index (χ0v) is 7.82. The van der Waals surface area contributed by atoms with Gasteiger partial charge in [-0.15, -0.1) is 0 Å². The van der Waals surface area contributed by atoms with Gasteiger partial charge in [-0.3, -0.25) is 0 Å². The molecule has 0 aliphatic heterocycles. The average Bonchev–Trinajstić information content (AvgIpc) is 2.20. The second-order valence-corrected chi connectivity index (χ2v) is 2.44. The van der Waals surface area contributed by atoms with Crippen LogP contribution in [0.5, 0.6) is 5.75 Å². The summed E-state index contributed by atoms with van der Waals surface area (Å²) in [6, 6.07) is 8.79. The minimum absolute atomic E-state index is 0.226. The summed E-state index contributed by atoms with van der Waals surface area (Å²) >= 11 is 0. The first-order chi connectivity index (χ1) is 6.83. The lowest BCUT2D eigenvalue weighted by Gasteiger charge is -1.97. The van der Waals surface area contributed by atoms with Gasteiger partial charge in [-0.2, -0.15) is 0 Å². The van der Waals surface area contributed by atoms with E-state index < -0.39 is 5.97 Å². The maximum atomic E-state index is 11.0. The van der Waals surface area contributed by atoms with E-state index >= 15 is 0 Å². The first-order valence-electron chi connectivity index (χ1n) is 4.07. The number of esters is 1. The van der Waals surface area contributed by atoms with E-state index in [1.54, 1.807) is 24.3 Å². The SMILES string of the molecule is COCC#CC(=O)Oc1ccccc1. The number of methoxy groups -OCH3 is 1. The van der Waals surface area contributed by atoms with E-state index in [-0.39, 0.29) is 6.61 Å². The van der Waals surface area contributed by atoms with Gasteiger partial charge in [0.15, 0.2) is 0 Å². The summed E-state index contributed by atoms with van der Waals surface area (Å²) in [6.45, 7) is 0.226. The minimum Gasteiger partial charge on any atom is -0.417 e. The van der Waals surface area contributed by atoms with E-state index in [9.17, 15) is 4.79 Å². The van der Waals surface area contributed by atoms with E-state index in [4.69, 9.17) is 4.74 Å². The largest absolute Gasteiger partial charge is 0.417 e. The molecule has 0 saturated heterocycles. The molecule has 0 atom stereocenters. The Morgan fingerprint density at radius 3 is 2.71 bits per heavy atom. The molecule has 0 N–H and O–H groups in total. The number of benzene rings is 1. The van der Waals surface area contributed by atoms with Crippen LogP contribution in [-0.4, -0.2) is 19.7 Å². The molecule has 0 amide bonds. The quantitative estimate of drug-likeness (QED) is 0.304. The van der Waals surface area contributed by atoms with Crippen LogP contribution >= 0.6 is 0 Å². The summed E-state index contributed by atoms with van der Waals surface area (Å²) in [4.78, 5) is 11.0. The fraction of sp³-hybridized carbons (Fsp3) is 0.182. The number of para-hydroxylation sites is 1. The maximum Gasteiger partial charge on any atom is 0.389 e. The van der Waals surface area contributed by atoms with Gasteiger partial charge in [-0.05, 0) is 12.1 Å². The zero-order valence-electron chi connectivity index (χ0n) is 7.82. The molecule has 0 aliphatic rings. The van der Waals surface area contributed by atoms with Gasteiger partial charge in [-0.25, -0.2) is 4.79 Å². The van der Waals surface area contributed by atoms with Gasteiger partial charge in [-0.1, -0.05) is 24.1 Å². The van der Waals surface area contributed by atoms with Crippen LogP contribution in [0.2, 0.25) is 0 Å². The number of rotatable bonds is 2. The third-order valence-electron chi connectivity index (χ3n) is 1.36. The van der Waals surface area contributed by atoms with Crippen LogP contribution in [0, 0.1) is 11.8 Å². The Labute approximate surface area is 82.6 Å². The van der Waals surface area contributed by atoms with Crippen molar-refractivity contribution in [1.82, 2.24) is 0 Å². The molecule has 0 bridgehead atoms. The van der Waals surface area contributed by atoms with Gasteiger partial charge < -0.3 is 9.47 Å². The lowest BCUT2D eigenvalue weighted by Crippen LogP contribution is -2.04. The van der Waals surface area contributed by atoms with Crippen molar-refractivity contribution in [3.63, 3.8) is 0 Å². The second-order valence-electron chi connectivity index (χ2n) is 2.44. The van der Waals surface area contributed by atoms with Crippen LogP contribution < -0.4 is 4.74 Å². The molecule has 0 unspecified atom stereocenters. The molecule has 0 saturated carbocycles. The van der Waals surface area contributed by atoms with E-state index in [0.29, 0.717) is 5.75 Å². The summed E-state index contributed by atoms with van der Waals surface area (Å²) in [5, 5.41) is 0. The number of hydrogen-bond acceptors (Lipinski definition) is 3. The topological polar surface area (TPSA) is 35.5 Å². The van der Waals surface area contributed by atoms with Crippen molar-refractivity contribution in [3.8, 4) is 17.6 Å². The van der Waals surface area contributed by atoms with E-state index in [2.05, 4.69) is 16.6 Å². The molecular formula is C11H10O3. The molecule has 3 heteroatoms. The Balaban J connectivity index is 2.47. The number of carbonyl (C=O) groups excluding carboxylic acids is 1. The summed E-state index contributed by atoms with van der Waals surface area (Å²) < 4.78 is 9.55. The van der Waals surface area contributed by atoms with Crippen molar-refractivity contribution >= 4 is 5.97 Å². The van der Waals surface area contributed by atoms with Crippen LogP contribution in [0.4, 0.5) is 0 Å². The van der Waals surface area contributed by atoms with Crippen LogP contribution in [0.15, 0.2) is 30.3 Å². The molecule has 72 valence electrons. The fourth-order valence-corrected chi connectivity index (χ4v) is 0.802. The van der Waals surface area contributed by atoms with Crippen LogP contribution in [-0.2, 0) is 9.53 Å². The van der Waals surface area contributed by atoms with Gasteiger partial charge in [0.1, 0.15) is 12.4 Å². The van der Waals surface area contributed by atoms with Gasteiger partial charge in [0.05, 0.1) is 0 Å². The van der Waals surface area contributed by atoms with Gasteiger partial charge in [0, 0.05) is 13.0 Å². The van der Waals surface area contributed by atoms with Crippen molar-refractivity contribution in [3.05, 3.63) is 30.3 Å². The Kier molecular flexibility index (Phi) is 4.25. The average molecular weight is 190 g/mol. The third kappa shape index (κ3) is 3.74. The molecule has 14 heavy (non-hydrogen) atoms. The Bertz CT molecular complexity index is 346. The van der Waals surface area contributed by atoms with Crippen molar-refractivity contribution in [2.75, 3.05) is 13.7 Å². The standard InChI is InChI=1S/C11H10O3/c1-13-9-5-8-11(12)14-10-6-3-2-4-7-10/h2-4,6-7H,9H2,1H3. The molecule has 1 rings (SSSR count). The molecule has 0 spiro atoms. The van der Waals surface area contributed by atoms with E-state index in [1.165, 1.54) is 7.11 Å². The summed E-state index contributed by atoms with van der Waals surface area (Å²) in [7, 11) is 1.51. The first kappa shape index (κ1) is 10.3. The molecule has 0 radical (unpaired) electrons. The highest BCUT2D eigenvalue weighted by Crippen LogP contribution is 2.07. The molecule has 0 aliphatic carbocycles. The lowest BCUT2D eigenvalue weighted by atomic mass is 10.3. The van der Waals surface area contributed by atoms with E-state index in [1.807, 2.05) is 6.07 Å². The molecule has 0 aromatic heterocycles. The van der Waals surface area contributed by atoms with Gasteiger partial charge in [0.25, 0.3) is 0 Å². The number of ether oxygens (including phenoxy) is 2. The predicted octanol–water partition coefficient (Wildman–Crippen LogP) is 1.24. The van der Waals surface area contributed by atoms with E-state index in [0.717, 1.165) is 0 Å². The highest BCUT2D eigenvalue weighted by Gasteiger charge is 1.97. The molecule has 0 fully saturated rings. The molecular weight excluding hydrogens is 180 g/mol. The molecule has 3 nitrogen and oxygen atoms in total. The monoisotopic (exact) mass is 190 g/mol. The first-order valence-corrected chi connectivity index (χ1v) is 4.07. The normalized spacial score (nSPS) is 8.64. The Morgan fingerprint density at radius 2 is 2.07 bits per heavy atom. The molecule has 0 heterocycles. The Morgan fingerprint density at radius 1 is 1.36 bits per heavy atom. The number of carbonyl (C=O) groups is 1. The van der Waals surface area contributed by atoms with Gasteiger partial charge in [0.2, 0.25) is 0 Å². The maximum absolute atomic E-state index is 11.0. The van der Waals surface area contributed by atoms with Crippen LogP contribution in [0.1, 0.15) is 0 Å². The number of hydrogen-bond donors (Lipinski definition) is 0. The third-order valence-corrected chi connectivity index (χ3v) is 1.36. The highest BCUT2D eigenvalue weighted by atomic mass is 16.5. The predicted molar refractivity (Wildman–Crippen MR) is 51.7 cm³/mol. The minimum atomic E-state index is -0.576. The molecule has 1 aromatic rings. The van der Waals surface area contributed by atoms with Crippen LogP contribution in [0.3, 0.4) is 0 Å². The molecule has 1 aromatic carbocycles. The summed E-state index contributed by atoms with van der Waals surface area (Å²) in [5.74, 6) is 4.72. The van der Waals surface area contributed by atoms with Crippen molar-refractivity contribution in [2.24, 2.45) is 0 Å². The zero-order chi connectivity index (χ0) is 10.2. The lowest BCUT2D eigenvalue weighted by molar-refractivity contribution is -0.128. The van der Waals surface area contributed by atoms with Crippen molar-refractivity contribution in [2.45, 2.75) is 0 Å². The second kappa shape index (κ2) is 5.79. The van der Waals surface area contributed by atoms with Crippen LogP contribution in [0.25, 0.3) is 0 Å². The van der Waals surface area contributed by atoms with Crippen molar-refractivity contribution < 1.29 is 14.3 Å². The van der Waals surface area contributed by atoms with Gasteiger partial charge >= 0.3 is 5.97 Å². The smallest absolute Gasteiger partial charge is 0.389 e. The summed E-state index contributed by atoms with van der Waals surface area (Å²) in [6.07, 6.45) is 0. The van der Waals surface area contributed by atoms with Crippen molar-refractivity contribution in [1.29, 1.82) is 0 Å². The summed E-state index contributed by atoms with van der Waals surface area (Å²) in [5.41, 5.74) is 0. The fourth-order valence-electron chi connectivity index (χ4n) is 0.802.